The number of para-hydroxylation sites is 1. The standard InChI is InChI=1S/C16H13BrO5/c1-20-16(19)11-6-8-12(9-7-11)22-15(18)10-21-14-5-3-2-4-13(14)17/h2-9H,10H2,1H3. The van der Waals surface area contributed by atoms with Gasteiger partial charge in [-0.05, 0) is 52.3 Å². The van der Waals surface area contributed by atoms with Crippen molar-refractivity contribution in [2.45, 2.75) is 0 Å². The topological polar surface area (TPSA) is 61.8 Å². The number of hydrogen-bond donors (Lipinski definition) is 0. The molecule has 0 aliphatic carbocycles. The second-order valence-electron chi connectivity index (χ2n) is 4.21. The van der Waals surface area contributed by atoms with E-state index in [0.717, 1.165) is 4.47 Å². The van der Waals surface area contributed by atoms with Crippen LogP contribution in [0.5, 0.6) is 11.5 Å². The third-order valence-corrected chi connectivity index (χ3v) is 3.34. The third-order valence-electron chi connectivity index (χ3n) is 2.69. The molecule has 0 saturated carbocycles. The minimum absolute atomic E-state index is 0.221. The molecular formula is C16H13BrO5. The molecule has 0 aromatic heterocycles. The van der Waals surface area contributed by atoms with E-state index < -0.39 is 11.9 Å². The van der Waals surface area contributed by atoms with Crippen LogP contribution in [0.4, 0.5) is 0 Å². The van der Waals surface area contributed by atoms with Crippen LogP contribution in [0.25, 0.3) is 0 Å². The largest absolute Gasteiger partial charge is 0.481 e. The summed E-state index contributed by atoms with van der Waals surface area (Å²) in [6.07, 6.45) is 0. The molecule has 6 heteroatoms. The predicted octanol–water partition coefficient (Wildman–Crippen LogP) is 3.22. The highest BCUT2D eigenvalue weighted by molar-refractivity contribution is 9.10. The molecule has 0 unspecified atom stereocenters. The molecule has 2 aromatic carbocycles. The van der Waals surface area contributed by atoms with Crippen molar-refractivity contribution in [3.05, 3.63) is 58.6 Å². The number of ether oxygens (including phenoxy) is 3. The van der Waals surface area contributed by atoms with Crippen molar-refractivity contribution in [1.82, 2.24) is 0 Å². The van der Waals surface area contributed by atoms with Crippen molar-refractivity contribution in [2.75, 3.05) is 13.7 Å². The van der Waals surface area contributed by atoms with Crippen LogP contribution in [-0.4, -0.2) is 25.7 Å². The molecule has 114 valence electrons. The summed E-state index contributed by atoms with van der Waals surface area (Å²) >= 11 is 3.32. The van der Waals surface area contributed by atoms with E-state index in [9.17, 15) is 9.59 Å². The molecular weight excluding hydrogens is 352 g/mol. The Morgan fingerprint density at radius 3 is 2.36 bits per heavy atom. The van der Waals surface area contributed by atoms with Gasteiger partial charge in [0.1, 0.15) is 11.5 Å². The lowest BCUT2D eigenvalue weighted by molar-refractivity contribution is -0.136. The zero-order valence-corrected chi connectivity index (χ0v) is 13.3. The van der Waals surface area contributed by atoms with Gasteiger partial charge in [0.2, 0.25) is 0 Å². The Labute approximate surface area is 135 Å². The first-order chi connectivity index (χ1) is 10.6. The Kier molecular flexibility index (Phi) is 5.55. The van der Waals surface area contributed by atoms with E-state index in [1.165, 1.54) is 31.4 Å². The fourth-order valence-corrected chi connectivity index (χ4v) is 2.04. The van der Waals surface area contributed by atoms with Crippen molar-refractivity contribution in [1.29, 1.82) is 0 Å². The fourth-order valence-electron chi connectivity index (χ4n) is 1.64. The highest BCUT2D eigenvalue weighted by atomic mass is 79.9. The first kappa shape index (κ1) is 16.0. The van der Waals surface area contributed by atoms with E-state index in [1.807, 2.05) is 12.1 Å². The van der Waals surface area contributed by atoms with Gasteiger partial charge in [0, 0.05) is 0 Å². The Morgan fingerprint density at radius 2 is 1.73 bits per heavy atom. The van der Waals surface area contributed by atoms with Gasteiger partial charge in [-0.25, -0.2) is 9.59 Å². The van der Waals surface area contributed by atoms with Gasteiger partial charge in [-0.3, -0.25) is 0 Å². The molecule has 0 radical (unpaired) electrons. The summed E-state index contributed by atoms with van der Waals surface area (Å²) < 4.78 is 15.8. The number of benzene rings is 2. The molecule has 0 aliphatic heterocycles. The lowest BCUT2D eigenvalue weighted by Crippen LogP contribution is -2.17. The van der Waals surface area contributed by atoms with Crippen LogP contribution in [0.3, 0.4) is 0 Å². The second-order valence-corrected chi connectivity index (χ2v) is 5.06. The second kappa shape index (κ2) is 7.61. The molecule has 0 atom stereocenters. The van der Waals surface area contributed by atoms with Crippen LogP contribution >= 0.6 is 15.9 Å². The zero-order chi connectivity index (χ0) is 15.9. The van der Waals surface area contributed by atoms with Crippen molar-refractivity contribution in [2.24, 2.45) is 0 Å². The third kappa shape index (κ3) is 4.33. The molecule has 2 aromatic rings. The van der Waals surface area contributed by atoms with Crippen LogP contribution in [0.1, 0.15) is 10.4 Å². The van der Waals surface area contributed by atoms with Crippen molar-refractivity contribution in [3.8, 4) is 11.5 Å². The van der Waals surface area contributed by atoms with Gasteiger partial charge in [0.25, 0.3) is 0 Å². The smallest absolute Gasteiger partial charge is 0.349 e. The predicted molar refractivity (Wildman–Crippen MR) is 83.1 cm³/mol. The van der Waals surface area contributed by atoms with Gasteiger partial charge < -0.3 is 14.2 Å². The molecule has 0 spiro atoms. The van der Waals surface area contributed by atoms with Gasteiger partial charge in [-0.2, -0.15) is 0 Å². The lowest BCUT2D eigenvalue weighted by atomic mass is 10.2. The molecule has 0 bridgehead atoms. The molecule has 0 saturated heterocycles. The van der Waals surface area contributed by atoms with Crippen LogP contribution < -0.4 is 9.47 Å². The molecule has 2 rings (SSSR count). The summed E-state index contributed by atoms with van der Waals surface area (Å²) in [6.45, 7) is -0.221. The van der Waals surface area contributed by atoms with Gasteiger partial charge in [0.05, 0.1) is 17.1 Å². The lowest BCUT2D eigenvalue weighted by Gasteiger charge is -2.08. The first-order valence-electron chi connectivity index (χ1n) is 6.36. The van der Waals surface area contributed by atoms with Crippen LogP contribution in [0, 0.1) is 0 Å². The number of hydrogen-bond acceptors (Lipinski definition) is 5. The summed E-state index contributed by atoms with van der Waals surface area (Å²) in [6, 6.07) is 13.3. The monoisotopic (exact) mass is 364 g/mol. The molecule has 0 N–H and O–H groups in total. The highest BCUT2D eigenvalue weighted by Crippen LogP contribution is 2.23. The summed E-state index contributed by atoms with van der Waals surface area (Å²) in [5, 5.41) is 0. The van der Waals surface area contributed by atoms with Crippen molar-refractivity contribution < 1.29 is 23.8 Å². The maximum atomic E-state index is 11.7. The van der Waals surface area contributed by atoms with Gasteiger partial charge >= 0.3 is 11.9 Å². The van der Waals surface area contributed by atoms with Crippen LogP contribution in [-0.2, 0) is 9.53 Å². The molecule has 0 aliphatic rings. The molecule has 0 heterocycles. The zero-order valence-electron chi connectivity index (χ0n) is 11.7. The van der Waals surface area contributed by atoms with E-state index in [4.69, 9.17) is 9.47 Å². The van der Waals surface area contributed by atoms with Crippen molar-refractivity contribution in [3.63, 3.8) is 0 Å². The minimum Gasteiger partial charge on any atom is -0.481 e. The Morgan fingerprint density at radius 1 is 1.05 bits per heavy atom. The first-order valence-corrected chi connectivity index (χ1v) is 7.16. The fraction of sp³-hybridized carbons (Fsp3) is 0.125. The van der Waals surface area contributed by atoms with Crippen molar-refractivity contribution >= 4 is 27.9 Å². The van der Waals surface area contributed by atoms with Gasteiger partial charge in [-0.15, -0.1) is 0 Å². The van der Waals surface area contributed by atoms with E-state index >= 15 is 0 Å². The van der Waals surface area contributed by atoms with Crippen LogP contribution in [0.2, 0.25) is 0 Å². The maximum absolute atomic E-state index is 11.7. The summed E-state index contributed by atoms with van der Waals surface area (Å²) in [7, 11) is 1.30. The summed E-state index contributed by atoms with van der Waals surface area (Å²) in [5.41, 5.74) is 0.381. The highest BCUT2D eigenvalue weighted by Gasteiger charge is 2.09. The van der Waals surface area contributed by atoms with E-state index in [1.54, 1.807) is 12.1 Å². The summed E-state index contributed by atoms with van der Waals surface area (Å²) in [4.78, 5) is 23.0. The Balaban J connectivity index is 1.89. The van der Waals surface area contributed by atoms with E-state index in [2.05, 4.69) is 20.7 Å². The average molecular weight is 365 g/mol. The molecule has 0 amide bonds. The number of methoxy groups -OCH3 is 1. The molecule has 22 heavy (non-hydrogen) atoms. The van der Waals surface area contributed by atoms with Gasteiger partial charge in [-0.1, -0.05) is 12.1 Å². The van der Waals surface area contributed by atoms with E-state index in [-0.39, 0.29) is 6.61 Å². The number of carbonyl (C=O) groups is 2. The van der Waals surface area contributed by atoms with Gasteiger partial charge in [0.15, 0.2) is 6.61 Å². The number of esters is 2. The summed E-state index contributed by atoms with van der Waals surface area (Å²) in [5.74, 6) is -0.106. The quantitative estimate of drug-likeness (QED) is 0.602. The Bertz CT molecular complexity index is 666. The SMILES string of the molecule is COC(=O)c1ccc(OC(=O)COc2ccccc2Br)cc1. The minimum atomic E-state index is -0.540. The number of halogens is 1. The Hall–Kier alpha value is -2.34. The molecule has 0 fully saturated rings. The normalized spacial score (nSPS) is 9.91. The van der Waals surface area contributed by atoms with Crippen LogP contribution in [0.15, 0.2) is 53.0 Å². The number of carbonyl (C=O) groups excluding carboxylic acids is 2. The molecule has 5 nitrogen and oxygen atoms in total. The maximum Gasteiger partial charge on any atom is 0.349 e. The average Bonchev–Trinajstić information content (AvgIpc) is 2.54. The van der Waals surface area contributed by atoms with E-state index in [0.29, 0.717) is 17.1 Å². The number of rotatable bonds is 5.